The number of ether oxygens (including phenoxy) is 1. The van der Waals surface area contributed by atoms with E-state index in [1.807, 2.05) is 98.7 Å². The lowest BCUT2D eigenvalue weighted by atomic mass is 9.96. The number of carboxylic acids is 1. The van der Waals surface area contributed by atoms with Gasteiger partial charge in [0.15, 0.2) is 0 Å². The number of hydrogen-bond acceptors (Lipinski definition) is 9. The molecular formula is C43H55N7O7. The van der Waals surface area contributed by atoms with Crippen LogP contribution in [0, 0.1) is 5.92 Å². The van der Waals surface area contributed by atoms with E-state index in [9.17, 15) is 29.1 Å². The van der Waals surface area contributed by atoms with Crippen molar-refractivity contribution in [2.24, 2.45) is 5.92 Å². The van der Waals surface area contributed by atoms with Crippen LogP contribution in [0.4, 0.5) is 16.2 Å². The fraction of sp³-hybridized carbons (Fsp3) is 0.488. The Labute approximate surface area is 333 Å². The summed E-state index contributed by atoms with van der Waals surface area (Å²) in [5, 5.41) is 20.5. The average molecular weight is 782 g/mol. The van der Waals surface area contributed by atoms with Crippen LogP contribution in [0.25, 0.3) is 22.3 Å². The molecule has 0 bridgehead atoms. The summed E-state index contributed by atoms with van der Waals surface area (Å²) in [5.41, 5.74) is 1.73. The Balaban J connectivity index is 1.42. The molecule has 14 heteroatoms. The van der Waals surface area contributed by atoms with Crippen LogP contribution in [0.2, 0.25) is 0 Å². The quantitative estimate of drug-likeness (QED) is 0.271. The summed E-state index contributed by atoms with van der Waals surface area (Å²) in [7, 11) is 7.78. The number of allylic oxidation sites excluding steroid dienone is 1. The van der Waals surface area contributed by atoms with Gasteiger partial charge in [0.1, 0.15) is 23.2 Å². The number of rotatable bonds is 7. The van der Waals surface area contributed by atoms with Gasteiger partial charge in [-0.2, -0.15) is 5.10 Å². The molecule has 5 atom stereocenters. The lowest BCUT2D eigenvalue weighted by Gasteiger charge is -2.30. The highest BCUT2D eigenvalue weighted by atomic mass is 16.6. The summed E-state index contributed by atoms with van der Waals surface area (Å²) in [5.74, 6) is -2.70. The third kappa shape index (κ3) is 9.00. The van der Waals surface area contributed by atoms with Crippen LogP contribution < -0.4 is 26.0 Å². The van der Waals surface area contributed by atoms with E-state index in [0.29, 0.717) is 29.5 Å². The maximum absolute atomic E-state index is 14.8. The average Bonchev–Trinajstić information content (AvgIpc) is 3.67. The van der Waals surface area contributed by atoms with Gasteiger partial charge < -0.3 is 35.2 Å². The number of amides is 3. The highest BCUT2D eigenvalue weighted by Crippen LogP contribution is 2.45. The molecule has 14 nitrogen and oxygen atoms in total. The van der Waals surface area contributed by atoms with Crippen LogP contribution in [-0.4, -0.2) is 102 Å². The topological polar surface area (TPSA) is 166 Å². The summed E-state index contributed by atoms with van der Waals surface area (Å²) in [6, 6.07) is 12.6. The lowest BCUT2D eigenvalue weighted by Crippen LogP contribution is -2.56. The van der Waals surface area contributed by atoms with Gasteiger partial charge in [0, 0.05) is 64.0 Å². The molecule has 0 radical (unpaired) electrons. The molecule has 1 saturated heterocycles. The first-order valence-corrected chi connectivity index (χ1v) is 19.7. The maximum atomic E-state index is 14.8. The fourth-order valence-electron chi connectivity index (χ4n) is 7.79. The van der Waals surface area contributed by atoms with Crippen LogP contribution >= 0.6 is 0 Å². The molecule has 3 aromatic rings. The first kappa shape index (κ1) is 41.0. The summed E-state index contributed by atoms with van der Waals surface area (Å²) >= 11 is 0. The molecule has 3 amide bonds. The molecule has 3 heterocycles. The minimum Gasteiger partial charge on any atom is -0.479 e. The zero-order valence-corrected chi connectivity index (χ0v) is 33.9. The lowest BCUT2D eigenvalue weighted by molar-refractivity contribution is -0.145. The number of hydrogen-bond donors (Lipinski definition) is 3. The standard InChI is InChI=1S/C43H55N7O7/c1-42(2,3)57-41(56)45-34-14-12-10-8-9-11-13-29-24-43(29,40(54)55)46-37(51)35-23-32(26-49(35)38(34)52)50-39(53)36(28-17-21-31(22-18-28)48(6)7)33(25-44-50)27-15-19-30(20-16-27)47(4)5/h11,13,15-22,25,29,32,34-35H,8-10,12,14,23-24,26H2,1-7H3,(H,45,56)(H,46,51)(H,54,55)/b13-11-/t29-,32-,34+,35?,43-/m1/s1. The zero-order valence-electron chi connectivity index (χ0n) is 33.9. The molecule has 1 saturated carbocycles. The Kier molecular flexibility index (Phi) is 11.8. The predicted molar refractivity (Wildman–Crippen MR) is 219 cm³/mol. The number of aliphatic carboxylic acids is 1. The third-order valence-corrected chi connectivity index (χ3v) is 11.0. The molecule has 304 valence electrons. The molecule has 2 fully saturated rings. The van der Waals surface area contributed by atoms with Crippen molar-refractivity contribution in [3.8, 4) is 22.3 Å². The van der Waals surface area contributed by atoms with Crippen molar-refractivity contribution < 1.29 is 29.0 Å². The van der Waals surface area contributed by atoms with E-state index in [1.165, 1.54) is 9.58 Å². The van der Waals surface area contributed by atoms with Crippen LogP contribution in [0.1, 0.15) is 71.8 Å². The van der Waals surface area contributed by atoms with Gasteiger partial charge in [-0.05, 0) is 81.8 Å². The minimum absolute atomic E-state index is 0.00424. The Morgan fingerprint density at radius 2 is 1.56 bits per heavy atom. The van der Waals surface area contributed by atoms with Crippen LogP contribution in [0.15, 0.2) is 71.7 Å². The van der Waals surface area contributed by atoms with Gasteiger partial charge in [-0.3, -0.25) is 14.4 Å². The largest absolute Gasteiger partial charge is 0.479 e. The summed E-state index contributed by atoms with van der Waals surface area (Å²) in [6.45, 7) is 5.11. The minimum atomic E-state index is -1.50. The highest BCUT2D eigenvalue weighted by molar-refractivity contribution is 5.96. The number of fused-ring (bicyclic) bond motifs is 2. The number of carboxylic acid groups (broad SMARTS) is 1. The number of nitrogens with zero attached hydrogens (tertiary/aromatic N) is 5. The smallest absolute Gasteiger partial charge is 0.408 e. The zero-order chi connectivity index (χ0) is 41.2. The molecule has 2 aromatic carbocycles. The number of anilines is 2. The second-order valence-electron chi connectivity index (χ2n) is 16.8. The van der Waals surface area contributed by atoms with Crippen molar-refractivity contribution in [2.45, 2.75) is 95.0 Å². The van der Waals surface area contributed by atoms with Crippen molar-refractivity contribution >= 4 is 35.3 Å². The van der Waals surface area contributed by atoms with Gasteiger partial charge in [-0.15, -0.1) is 0 Å². The summed E-state index contributed by atoms with van der Waals surface area (Å²) in [4.78, 5) is 74.7. The third-order valence-electron chi connectivity index (χ3n) is 11.0. The first-order valence-electron chi connectivity index (χ1n) is 19.7. The second kappa shape index (κ2) is 16.4. The van der Waals surface area contributed by atoms with Crippen LogP contribution in [-0.2, 0) is 19.1 Å². The Hall–Kier alpha value is -5.66. The molecule has 6 rings (SSSR count). The maximum Gasteiger partial charge on any atom is 0.408 e. The Morgan fingerprint density at radius 3 is 2.16 bits per heavy atom. The van der Waals surface area contributed by atoms with Crippen molar-refractivity contribution in [1.29, 1.82) is 0 Å². The second-order valence-corrected chi connectivity index (χ2v) is 16.8. The normalized spacial score (nSPS) is 24.5. The Bertz CT molecular complexity index is 2070. The predicted octanol–water partition coefficient (Wildman–Crippen LogP) is 5.22. The van der Waals surface area contributed by atoms with E-state index in [-0.39, 0.29) is 19.4 Å². The van der Waals surface area contributed by atoms with Gasteiger partial charge in [0.25, 0.3) is 5.56 Å². The number of carbonyl (C=O) groups is 4. The molecule has 1 aliphatic carbocycles. The molecule has 57 heavy (non-hydrogen) atoms. The fourth-order valence-corrected chi connectivity index (χ4v) is 7.79. The molecule has 3 N–H and O–H groups in total. The summed E-state index contributed by atoms with van der Waals surface area (Å²) < 4.78 is 6.86. The summed E-state index contributed by atoms with van der Waals surface area (Å²) in [6.07, 6.45) is 8.12. The van der Waals surface area contributed by atoms with Gasteiger partial charge in [0.05, 0.1) is 17.8 Å². The van der Waals surface area contributed by atoms with Crippen molar-refractivity contribution in [1.82, 2.24) is 25.3 Å². The van der Waals surface area contributed by atoms with Crippen molar-refractivity contribution in [3.05, 3.63) is 77.2 Å². The van der Waals surface area contributed by atoms with Gasteiger partial charge >= 0.3 is 12.1 Å². The molecule has 1 unspecified atom stereocenters. The SMILES string of the molecule is CN(C)c1ccc(-c2cnn([C@@H]3CC4C(=O)N[C@]5(C(=O)O)C[C@H]5/C=C\CCCCC[C@H](NC(=O)OC(C)(C)C)C(=O)N4C3)c(=O)c2-c2ccc(N(C)C)cc2)cc1. The van der Waals surface area contributed by atoms with Crippen LogP contribution in [0.5, 0.6) is 0 Å². The Morgan fingerprint density at radius 1 is 0.930 bits per heavy atom. The first-order chi connectivity index (χ1) is 27.0. The number of aromatic nitrogens is 2. The highest BCUT2D eigenvalue weighted by Gasteiger charge is 2.61. The van der Waals surface area contributed by atoms with E-state index in [2.05, 4.69) is 15.7 Å². The van der Waals surface area contributed by atoms with E-state index >= 15 is 0 Å². The van der Waals surface area contributed by atoms with Gasteiger partial charge in [-0.25, -0.2) is 14.3 Å². The molecule has 1 aromatic heterocycles. The van der Waals surface area contributed by atoms with Gasteiger partial charge in [-0.1, -0.05) is 49.3 Å². The van der Waals surface area contributed by atoms with E-state index in [0.717, 1.165) is 36.2 Å². The molecular weight excluding hydrogens is 727 g/mol. The molecule has 3 aliphatic rings. The van der Waals surface area contributed by atoms with Crippen LogP contribution in [0.3, 0.4) is 0 Å². The van der Waals surface area contributed by atoms with E-state index < -0.39 is 64.6 Å². The monoisotopic (exact) mass is 781 g/mol. The molecule has 2 aliphatic heterocycles. The van der Waals surface area contributed by atoms with Gasteiger partial charge in [0.2, 0.25) is 11.8 Å². The number of benzene rings is 2. The number of carbonyl (C=O) groups excluding carboxylic acids is 3. The number of alkyl carbamates (subject to hydrolysis) is 1. The van der Waals surface area contributed by atoms with Crippen molar-refractivity contribution in [3.63, 3.8) is 0 Å². The van der Waals surface area contributed by atoms with Crippen molar-refractivity contribution in [2.75, 3.05) is 44.5 Å². The molecule has 0 spiro atoms. The van der Waals surface area contributed by atoms with E-state index in [4.69, 9.17) is 4.74 Å². The number of nitrogens with one attached hydrogen (secondary N) is 2. The van der Waals surface area contributed by atoms with E-state index in [1.54, 1.807) is 27.0 Å².